The minimum absolute atomic E-state index is 0.147. The number of alkyl halides is 3. The van der Waals surface area contributed by atoms with E-state index in [-0.39, 0.29) is 11.4 Å². The van der Waals surface area contributed by atoms with Crippen molar-refractivity contribution in [3.63, 3.8) is 0 Å². The molecule has 2 aromatic carbocycles. The first-order chi connectivity index (χ1) is 15.3. The molecule has 0 amide bonds. The lowest BCUT2D eigenvalue weighted by Crippen LogP contribution is -2.04. The number of halogens is 3. The summed E-state index contributed by atoms with van der Waals surface area (Å²) in [6.07, 6.45) is -3.18. The van der Waals surface area contributed by atoms with Gasteiger partial charge in [-0.3, -0.25) is 4.57 Å². The molecule has 0 N–H and O–H groups in total. The van der Waals surface area contributed by atoms with E-state index in [0.29, 0.717) is 12.3 Å². The number of hydrogen-bond donors (Lipinski definition) is 0. The highest BCUT2D eigenvalue weighted by atomic mass is 32.2. The highest BCUT2D eigenvalue weighted by molar-refractivity contribution is 7.99. The van der Waals surface area contributed by atoms with Crippen LogP contribution in [0, 0.1) is 13.8 Å². The van der Waals surface area contributed by atoms with Crippen LogP contribution >= 0.6 is 11.8 Å². The van der Waals surface area contributed by atoms with Crippen molar-refractivity contribution < 1.29 is 17.7 Å². The van der Waals surface area contributed by atoms with Crippen molar-refractivity contribution in [3.05, 3.63) is 71.4 Å². The topological polar surface area (TPSA) is 69.6 Å². The average molecular weight is 459 g/mol. The van der Waals surface area contributed by atoms with E-state index in [9.17, 15) is 13.2 Å². The van der Waals surface area contributed by atoms with E-state index in [0.717, 1.165) is 46.5 Å². The van der Waals surface area contributed by atoms with Crippen LogP contribution in [0.3, 0.4) is 0 Å². The van der Waals surface area contributed by atoms with Crippen LogP contribution in [0.15, 0.2) is 58.2 Å². The van der Waals surface area contributed by atoms with Gasteiger partial charge in [0.2, 0.25) is 11.7 Å². The fourth-order valence-electron chi connectivity index (χ4n) is 3.22. The van der Waals surface area contributed by atoms with Crippen molar-refractivity contribution in [2.24, 2.45) is 0 Å². The van der Waals surface area contributed by atoms with Crippen molar-refractivity contribution in [2.45, 2.75) is 38.0 Å². The van der Waals surface area contributed by atoms with Crippen LogP contribution in [0.1, 0.15) is 29.3 Å². The summed E-state index contributed by atoms with van der Waals surface area (Å²) in [4.78, 5) is 4.24. The summed E-state index contributed by atoms with van der Waals surface area (Å²) in [5, 5.41) is 13.1. The predicted molar refractivity (Wildman–Crippen MR) is 115 cm³/mol. The van der Waals surface area contributed by atoms with Crippen LogP contribution in [-0.4, -0.2) is 30.7 Å². The van der Waals surface area contributed by atoms with Gasteiger partial charge in [-0.1, -0.05) is 47.3 Å². The summed E-state index contributed by atoms with van der Waals surface area (Å²) in [5.74, 6) is 2.08. The fraction of sp³-hybridized carbons (Fsp3) is 0.273. The minimum atomic E-state index is -4.42. The van der Waals surface area contributed by atoms with Crippen LogP contribution in [0.25, 0.3) is 17.1 Å². The highest BCUT2D eigenvalue weighted by Gasteiger charge is 2.30. The Morgan fingerprint density at radius 1 is 1.03 bits per heavy atom. The van der Waals surface area contributed by atoms with Gasteiger partial charge >= 0.3 is 6.18 Å². The minimum Gasteiger partial charge on any atom is -0.339 e. The van der Waals surface area contributed by atoms with Crippen LogP contribution in [0.5, 0.6) is 0 Å². The largest absolute Gasteiger partial charge is 0.416 e. The standard InChI is InChI=1S/C22H20F3N5OS/c1-14-7-3-4-10-18(14)30-15(2)27-28-21(30)32-12-6-11-19-26-20(29-31-19)16-8-5-9-17(13-16)22(23,24)25/h3-5,7-10,13H,6,11-12H2,1-2H3. The lowest BCUT2D eigenvalue weighted by molar-refractivity contribution is -0.137. The summed E-state index contributed by atoms with van der Waals surface area (Å²) < 4.78 is 46.0. The summed E-state index contributed by atoms with van der Waals surface area (Å²) in [6, 6.07) is 12.9. The Morgan fingerprint density at radius 2 is 1.84 bits per heavy atom. The molecule has 2 heterocycles. The summed E-state index contributed by atoms with van der Waals surface area (Å²) in [6.45, 7) is 3.96. The third kappa shape index (κ3) is 4.85. The molecular formula is C22H20F3N5OS. The maximum atomic E-state index is 12.9. The molecule has 166 valence electrons. The van der Waals surface area contributed by atoms with E-state index >= 15 is 0 Å². The molecule has 0 aliphatic heterocycles. The first kappa shape index (κ1) is 22.1. The first-order valence-electron chi connectivity index (χ1n) is 9.94. The van der Waals surface area contributed by atoms with Crippen molar-refractivity contribution in [3.8, 4) is 17.1 Å². The van der Waals surface area contributed by atoms with Gasteiger partial charge in [0, 0.05) is 17.7 Å². The van der Waals surface area contributed by atoms with Gasteiger partial charge in [-0.2, -0.15) is 18.2 Å². The van der Waals surface area contributed by atoms with Gasteiger partial charge in [0.25, 0.3) is 0 Å². The van der Waals surface area contributed by atoms with Crippen molar-refractivity contribution in [1.29, 1.82) is 0 Å². The fourth-order valence-corrected chi connectivity index (χ4v) is 4.15. The smallest absolute Gasteiger partial charge is 0.339 e. The molecule has 0 saturated carbocycles. The number of rotatable bonds is 7. The maximum absolute atomic E-state index is 12.9. The van der Waals surface area contributed by atoms with Gasteiger partial charge in [-0.05, 0) is 44.0 Å². The van der Waals surface area contributed by atoms with Gasteiger partial charge in [-0.25, -0.2) is 0 Å². The number of hydrogen-bond acceptors (Lipinski definition) is 6. The Labute approximate surface area is 186 Å². The zero-order chi connectivity index (χ0) is 22.7. The Kier molecular flexibility index (Phi) is 6.31. The van der Waals surface area contributed by atoms with Crippen molar-refractivity contribution >= 4 is 11.8 Å². The number of nitrogens with zero attached hydrogens (tertiary/aromatic N) is 5. The second-order valence-corrected chi connectivity index (χ2v) is 8.26. The molecule has 10 heteroatoms. The van der Waals surface area contributed by atoms with Crippen LogP contribution in [0.4, 0.5) is 13.2 Å². The zero-order valence-electron chi connectivity index (χ0n) is 17.4. The molecule has 0 atom stereocenters. The Balaban J connectivity index is 1.37. The zero-order valence-corrected chi connectivity index (χ0v) is 18.2. The molecule has 4 aromatic rings. The molecule has 32 heavy (non-hydrogen) atoms. The molecule has 0 unspecified atom stereocenters. The molecule has 0 saturated heterocycles. The molecule has 0 radical (unpaired) electrons. The first-order valence-corrected chi connectivity index (χ1v) is 10.9. The van der Waals surface area contributed by atoms with Crippen LogP contribution in [0.2, 0.25) is 0 Å². The van der Waals surface area contributed by atoms with E-state index in [1.54, 1.807) is 11.8 Å². The van der Waals surface area contributed by atoms with Gasteiger partial charge in [0.1, 0.15) is 5.82 Å². The molecular weight excluding hydrogens is 439 g/mol. The normalized spacial score (nSPS) is 11.8. The SMILES string of the molecule is Cc1ccccc1-n1c(C)nnc1SCCCc1nc(-c2cccc(C(F)(F)F)c2)no1. The van der Waals surface area contributed by atoms with Crippen molar-refractivity contribution in [1.82, 2.24) is 24.9 Å². The molecule has 0 spiro atoms. The van der Waals surface area contributed by atoms with Gasteiger partial charge in [0.15, 0.2) is 5.16 Å². The van der Waals surface area contributed by atoms with E-state index in [1.807, 2.05) is 42.7 Å². The third-order valence-corrected chi connectivity index (χ3v) is 5.85. The molecule has 4 rings (SSSR count). The molecule has 0 aliphatic carbocycles. The Morgan fingerprint density at radius 3 is 2.62 bits per heavy atom. The second-order valence-electron chi connectivity index (χ2n) is 7.19. The van der Waals surface area contributed by atoms with Gasteiger partial charge in [0.05, 0.1) is 11.3 Å². The van der Waals surface area contributed by atoms with Gasteiger partial charge < -0.3 is 4.52 Å². The number of benzene rings is 2. The van der Waals surface area contributed by atoms with Crippen LogP contribution < -0.4 is 0 Å². The Hall–Kier alpha value is -3.14. The monoisotopic (exact) mass is 459 g/mol. The maximum Gasteiger partial charge on any atom is 0.416 e. The lowest BCUT2D eigenvalue weighted by atomic mass is 10.1. The molecule has 0 fully saturated rings. The van der Waals surface area contributed by atoms with E-state index in [1.165, 1.54) is 12.1 Å². The summed E-state index contributed by atoms with van der Waals surface area (Å²) in [7, 11) is 0. The quantitative estimate of drug-likeness (QED) is 0.262. The predicted octanol–water partition coefficient (Wildman–Crippen LogP) is 5.68. The summed E-state index contributed by atoms with van der Waals surface area (Å²) >= 11 is 1.57. The molecule has 2 aromatic heterocycles. The molecule has 0 bridgehead atoms. The molecule has 0 aliphatic rings. The lowest BCUT2D eigenvalue weighted by Gasteiger charge is -2.10. The van der Waals surface area contributed by atoms with E-state index in [2.05, 4.69) is 20.3 Å². The average Bonchev–Trinajstić information content (AvgIpc) is 3.38. The van der Waals surface area contributed by atoms with Crippen molar-refractivity contribution in [2.75, 3.05) is 5.75 Å². The highest BCUT2D eigenvalue weighted by Crippen LogP contribution is 2.31. The molecule has 6 nitrogen and oxygen atoms in total. The number of aryl methyl sites for hydroxylation is 3. The van der Waals surface area contributed by atoms with Gasteiger partial charge in [-0.15, -0.1) is 10.2 Å². The third-order valence-electron chi connectivity index (χ3n) is 4.83. The second kappa shape index (κ2) is 9.15. The van der Waals surface area contributed by atoms with E-state index in [4.69, 9.17) is 4.52 Å². The summed E-state index contributed by atoms with van der Waals surface area (Å²) in [5.41, 5.74) is 1.70. The van der Waals surface area contributed by atoms with E-state index < -0.39 is 11.7 Å². The number of para-hydroxylation sites is 1. The van der Waals surface area contributed by atoms with Crippen LogP contribution in [-0.2, 0) is 12.6 Å². The Bertz CT molecular complexity index is 1220. The number of aromatic nitrogens is 5. The number of thioether (sulfide) groups is 1.